The summed E-state index contributed by atoms with van der Waals surface area (Å²) in [5.74, 6) is 0. The average molecular weight is 243 g/mol. The number of hydrogen-bond acceptors (Lipinski definition) is 5. The molecule has 0 aliphatic carbocycles. The second kappa shape index (κ2) is 11.8. The van der Waals surface area contributed by atoms with Crippen molar-refractivity contribution < 1.29 is 9.47 Å². The highest BCUT2D eigenvalue weighted by Crippen LogP contribution is 1.98. The molecule has 0 aliphatic heterocycles. The molecular weight excluding hydrogens is 218 g/mol. The summed E-state index contributed by atoms with van der Waals surface area (Å²) in [6.07, 6.45) is 1.85. The maximum Gasteiger partial charge on any atom is 0.0962 e. The molecule has 0 heterocycles. The molecule has 0 saturated heterocycles. The Kier molecular flexibility index (Phi) is 11.3. The number of rotatable bonds is 11. The van der Waals surface area contributed by atoms with Crippen molar-refractivity contribution in [1.82, 2.24) is 10.2 Å². The Morgan fingerprint density at radius 2 is 1.88 bits per heavy atom. The predicted molar refractivity (Wildman–Crippen MR) is 67.9 cm³/mol. The van der Waals surface area contributed by atoms with Gasteiger partial charge in [-0.25, -0.2) is 0 Å². The Hall–Kier alpha value is -0.670. The summed E-state index contributed by atoms with van der Waals surface area (Å²) in [6, 6.07) is 2.17. The van der Waals surface area contributed by atoms with Gasteiger partial charge in [0.15, 0.2) is 0 Å². The van der Waals surface area contributed by atoms with Gasteiger partial charge < -0.3 is 19.7 Å². The lowest BCUT2D eigenvalue weighted by Gasteiger charge is -2.22. The number of ether oxygens (including phenoxy) is 2. The van der Waals surface area contributed by atoms with Gasteiger partial charge in [-0.2, -0.15) is 5.26 Å². The van der Waals surface area contributed by atoms with Crippen molar-refractivity contribution >= 4 is 0 Å². The van der Waals surface area contributed by atoms with E-state index in [2.05, 4.69) is 16.3 Å². The monoisotopic (exact) mass is 243 g/mol. The molecule has 0 bridgehead atoms. The van der Waals surface area contributed by atoms with Gasteiger partial charge in [0.1, 0.15) is 0 Å². The Morgan fingerprint density at radius 1 is 1.18 bits per heavy atom. The SMILES string of the molecule is CNC(C#N)CCN(CCCOC)CCOC. The molecule has 5 nitrogen and oxygen atoms in total. The second-order valence-corrected chi connectivity index (χ2v) is 3.94. The van der Waals surface area contributed by atoms with E-state index in [0.29, 0.717) is 0 Å². The number of methoxy groups -OCH3 is 2. The van der Waals surface area contributed by atoms with E-state index in [0.717, 1.165) is 45.7 Å². The van der Waals surface area contributed by atoms with Crippen LogP contribution in [0.1, 0.15) is 12.8 Å². The van der Waals surface area contributed by atoms with Crippen molar-refractivity contribution in [3.8, 4) is 6.07 Å². The van der Waals surface area contributed by atoms with Gasteiger partial charge in [0, 0.05) is 40.5 Å². The van der Waals surface area contributed by atoms with Crippen LogP contribution < -0.4 is 5.32 Å². The second-order valence-electron chi connectivity index (χ2n) is 3.94. The Balaban J connectivity index is 3.87. The van der Waals surface area contributed by atoms with Crippen molar-refractivity contribution in [2.75, 3.05) is 54.1 Å². The van der Waals surface area contributed by atoms with Crippen LogP contribution in [-0.2, 0) is 9.47 Å². The minimum absolute atomic E-state index is 0.0672. The van der Waals surface area contributed by atoms with Crippen LogP contribution in [0.3, 0.4) is 0 Å². The standard InChI is InChI=1S/C12H25N3O2/c1-14-12(11-13)5-7-15(8-10-17-3)6-4-9-16-2/h12,14H,4-10H2,1-3H3. The first-order valence-corrected chi connectivity index (χ1v) is 6.05. The zero-order valence-electron chi connectivity index (χ0n) is 11.2. The molecule has 100 valence electrons. The highest BCUT2D eigenvalue weighted by atomic mass is 16.5. The quantitative estimate of drug-likeness (QED) is 0.535. The summed E-state index contributed by atoms with van der Waals surface area (Å²) in [6.45, 7) is 4.30. The lowest BCUT2D eigenvalue weighted by molar-refractivity contribution is 0.131. The molecule has 5 heteroatoms. The molecule has 0 saturated carbocycles. The molecule has 0 radical (unpaired) electrons. The first-order valence-electron chi connectivity index (χ1n) is 6.05. The van der Waals surface area contributed by atoms with E-state index in [1.54, 1.807) is 14.2 Å². The van der Waals surface area contributed by atoms with Gasteiger partial charge in [-0.05, 0) is 19.9 Å². The van der Waals surface area contributed by atoms with Crippen LogP contribution in [0.4, 0.5) is 0 Å². The fraction of sp³-hybridized carbons (Fsp3) is 0.917. The average Bonchev–Trinajstić information content (AvgIpc) is 2.36. The van der Waals surface area contributed by atoms with Crippen molar-refractivity contribution in [3.63, 3.8) is 0 Å². The molecule has 1 N–H and O–H groups in total. The third-order valence-electron chi connectivity index (χ3n) is 2.67. The van der Waals surface area contributed by atoms with Crippen LogP contribution in [0.5, 0.6) is 0 Å². The van der Waals surface area contributed by atoms with Crippen molar-refractivity contribution in [3.05, 3.63) is 0 Å². The molecule has 0 aromatic rings. The van der Waals surface area contributed by atoms with Gasteiger partial charge in [-0.1, -0.05) is 0 Å². The predicted octanol–water partition coefficient (Wildman–Crippen LogP) is 0.473. The largest absolute Gasteiger partial charge is 0.385 e. The molecule has 0 amide bonds. The first kappa shape index (κ1) is 16.3. The zero-order valence-corrected chi connectivity index (χ0v) is 11.2. The molecule has 0 fully saturated rings. The molecule has 0 aromatic carbocycles. The summed E-state index contributed by atoms with van der Waals surface area (Å²) >= 11 is 0. The molecule has 0 spiro atoms. The van der Waals surface area contributed by atoms with Crippen LogP contribution in [0.15, 0.2) is 0 Å². The van der Waals surface area contributed by atoms with Gasteiger partial charge in [0.05, 0.1) is 18.7 Å². The smallest absolute Gasteiger partial charge is 0.0962 e. The normalized spacial score (nSPS) is 12.6. The number of nitriles is 1. The summed E-state index contributed by atoms with van der Waals surface area (Å²) < 4.78 is 10.1. The third-order valence-corrected chi connectivity index (χ3v) is 2.67. The topological polar surface area (TPSA) is 57.5 Å². The Bertz CT molecular complexity index is 206. The van der Waals surface area contributed by atoms with Crippen molar-refractivity contribution in [2.45, 2.75) is 18.9 Å². The maximum atomic E-state index is 8.85. The van der Waals surface area contributed by atoms with E-state index >= 15 is 0 Å². The molecule has 0 aliphatic rings. The highest BCUT2D eigenvalue weighted by molar-refractivity contribution is 4.88. The van der Waals surface area contributed by atoms with E-state index in [9.17, 15) is 0 Å². The van der Waals surface area contributed by atoms with Crippen LogP contribution in [-0.4, -0.2) is 65.1 Å². The first-order chi connectivity index (χ1) is 8.28. The minimum Gasteiger partial charge on any atom is -0.385 e. The third kappa shape index (κ3) is 9.07. The van der Waals surface area contributed by atoms with Gasteiger partial charge in [-0.15, -0.1) is 0 Å². The summed E-state index contributed by atoms with van der Waals surface area (Å²) in [4.78, 5) is 2.31. The van der Waals surface area contributed by atoms with E-state index < -0.39 is 0 Å². The summed E-state index contributed by atoms with van der Waals surface area (Å²) in [5.41, 5.74) is 0. The zero-order chi connectivity index (χ0) is 12.9. The number of hydrogen-bond donors (Lipinski definition) is 1. The maximum absolute atomic E-state index is 8.85. The van der Waals surface area contributed by atoms with Crippen LogP contribution >= 0.6 is 0 Å². The summed E-state index contributed by atoms with van der Waals surface area (Å²) in [7, 11) is 5.24. The van der Waals surface area contributed by atoms with E-state index in [4.69, 9.17) is 14.7 Å². The number of nitrogens with zero attached hydrogens (tertiary/aromatic N) is 2. The fourth-order valence-electron chi connectivity index (χ4n) is 1.57. The lowest BCUT2D eigenvalue weighted by atomic mass is 10.2. The molecule has 17 heavy (non-hydrogen) atoms. The van der Waals surface area contributed by atoms with Gasteiger partial charge in [0.2, 0.25) is 0 Å². The highest BCUT2D eigenvalue weighted by Gasteiger charge is 2.09. The van der Waals surface area contributed by atoms with Crippen LogP contribution in [0.2, 0.25) is 0 Å². The van der Waals surface area contributed by atoms with Crippen LogP contribution in [0, 0.1) is 11.3 Å². The Morgan fingerprint density at radius 3 is 2.41 bits per heavy atom. The minimum atomic E-state index is -0.0672. The van der Waals surface area contributed by atoms with Crippen molar-refractivity contribution in [1.29, 1.82) is 5.26 Å². The van der Waals surface area contributed by atoms with Crippen molar-refractivity contribution in [2.24, 2.45) is 0 Å². The fourth-order valence-corrected chi connectivity index (χ4v) is 1.57. The van der Waals surface area contributed by atoms with E-state index in [-0.39, 0.29) is 6.04 Å². The van der Waals surface area contributed by atoms with Crippen LogP contribution in [0.25, 0.3) is 0 Å². The summed E-state index contributed by atoms with van der Waals surface area (Å²) in [5, 5.41) is 11.8. The molecular formula is C12H25N3O2. The Labute approximate surface area is 105 Å². The molecule has 1 unspecified atom stereocenters. The molecule has 1 atom stereocenters. The van der Waals surface area contributed by atoms with Gasteiger partial charge in [-0.3, -0.25) is 0 Å². The number of nitrogens with one attached hydrogen (secondary N) is 1. The van der Waals surface area contributed by atoms with E-state index in [1.807, 2.05) is 7.05 Å². The van der Waals surface area contributed by atoms with Gasteiger partial charge in [0.25, 0.3) is 0 Å². The van der Waals surface area contributed by atoms with E-state index in [1.165, 1.54) is 0 Å². The van der Waals surface area contributed by atoms with Gasteiger partial charge >= 0.3 is 0 Å². The lowest BCUT2D eigenvalue weighted by Crippen LogP contribution is -2.34. The molecule has 0 rings (SSSR count). The molecule has 0 aromatic heterocycles.